The van der Waals surface area contributed by atoms with Crippen molar-refractivity contribution in [2.45, 2.75) is 0 Å². The highest BCUT2D eigenvalue weighted by Crippen LogP contribution is 2.26. The molecule has 3 nitrogen and oxygen atoms in total. The minimum absolute atomic E-state index is 0.274. The number of hydrogen-bond donors (Lipinski definition) is 1. The summed E-state index contributed by atoms with van der Waals surface area (Å²) in [4.78, 5) is 4.05. The molecule has 0 aliphatic carbocycles. The second-order valence-corrected chi connectivity index (χ2v) is 3.29. The smallest absolute Gasteiger partial charge is 0.214 e. The minimum atomic E-state index is -0.274. The minimum Gasteiger partial charge on any atom is -0.481 e. The lowest BCUT2D eigenvalue weighted by atomic mass is 10.1. The molecule has 0 saturated heterocycles. The number of nitrogens with two attached hydrogens (primary N) is 1. The van der Waals surface area contributed by atoms with Gasteiger partial charge in [-0.15, -0.1) is 0 Å². The highest BCUT2D eigenvalue weighted by molar-refractivity contribution is 5.73. The van der Waals surface area contributed by atoms with Gasteiger partial charge < -0.3 is 10.5 Å². The Morgan fingerprint density at radius 2 is 1.81 bits per heavy atom. The van der Waals surface area contributed by atoms with Gasteiger partial charge >= 0.3 is 0 Å². The molecule has 0 aliphatic heterocycles. The first-order valence-corrected chi connectivity index (χ1v) is 4.77. The van der Waals surface area contributed by atoms with Crippen LogP contribution in [0.1, 0.15) is 0 Å². The molecule has 1 heterocycles. The van der Waals surface area contributed by atoms with E-state index in [1.165, 1.54) is 19.2 Å². The number of anilines is 1. The van der Waals surface area contributed by atoms with Crippen LogP contribution in [-0.2, 0) is 0 Å². The Balaban J connectivity index is 2.44. The zero-order valence-electron chi connectivity index (χ0n) is 8.77. The number of methoxy groups -OCH3 is 1. The van der Waals surface area contributed by atoms with Gasteiger partial charge in [-0.1, -0.05) is 12.1 Å². The summed E-state index contributed by atoms with van der Waals surface area (Å²) in [6.07, 6.45) is 0. The molecule has 82 valence electrons. The third kappa shape index (κ3) is 1.95. The fourth-order valence-electron chi connectivity index (χ4n) is 1.44. The highest BCUT2D eigenvalue weighted by atomic mass is 19.1. The first-order valence-electron chi connectivity index (χ1n) is 4.77. The van der Waals surface area contributed by atoms with Crippen molar-refractivity contribution in [2.24, 2.45) is 0 Å². The SMILES string of the molecule is COc1ccc(-c2ccc(F)cc2)c(N)n1. The monoisotopic (exact) mass is 218 g/mol. The lowest BCUT2D eigenvalue weighted by Crippen LogP contribution is -1.96. The number of nitrogens with zero attached hydrogens (tertiary/aromatic N) is 1. The standard InChI is InChI=1S/C12H11FN2O/c1-16-11-7-6-10(12(14)15-11)8-2-4-9(13)5-3-8/h2-7H,1H3,(H2,14,15). The molecule has 0 spiro atoms. The van der Waals surface area contributed by atoms with Gasteiger partial charge in [-0.3, -0.25) is 0 Å². The summed E-state index contributed by atoms with van der Waals surface area (Å²) in [5, 5.41) is 0. The van der Waals surface area contributed by atoms with E-state index in [2.05, 4.69) is 4.98 Å². The molecule has 2 rings (SSSR count). The Kier molecular flexibility index (Phi) is 2.72. The summed E-state index contributed by atoms with van der Waals surface area (Å²) in [5.41, 5.74) is 7.37. The number of benzene rings is 1. The topological polar surface area (TPSA) is 48.1 Å². The van der Waals surface area contributed by atoms with E-state index in [1.807, 2.05) is 0 Å². The van der Waals surface area contributed by atoms with E-state index < -0.39 is 0 Å². The van der Waals surface area contributed by atoms with Crippen LogP contribution in [0.4, 0.5) is 10.2 Å². The first kappa shape index (κ1) is 10.4. The van der Waals surface area contributed by atoms with E-state index in [4.69, 9.17) is 10.5 Å². The molecule has 0 atom stereocenters. The molecular formula is C12H11FN2O. The van der Waals surface area contributed by atoms with Crippen molar-refractivity contribution in [1.82, 2.24) is 4.98 Å². The van der Waals surface area contributed by atoms with E-state index in [9.17, 15) is 4.39 Å². The molecule has 0 radical (unpaired) electrons. The third-order valence-corrected chi connectivity index (χ3v) is 2.26. The van der Waals surface area contributed by atoms with Crippen LogP contribution in [0.3, 0.4) is 0 Å². The number of rotatable bonds is 2. The predicted molar refractivity (Wildman–Crippen MR) is 60.6 cm³/mol. The van der Waals surface area contributed by atoms with E-state index >= 15 is 0 Å². The van der Waals surface area contributed by atoms with Crippen molar-refractivity contribution in [3.8, 4) is 17.0 Å². The number of hydrogen-bond acceptors (Lipinski definition) is 3. The fraction of sp³-hybridized carbons (Fsp3) is 0.0833. The summed E-state index contributed by atoms with van der Waals surface area (Å²) in [7, 11) is 1.53. The van der Waals surface area contributed by atoms with Crippen molar-refractivity contribution < 1.29 is 9.13 Å². The zero-order valence-corrected chi connectivity index (χ0v) is 8.77. The Morgan fingerprint density at radius 3 is 2.38 bits per heavy atom. The summed E-state index contributed by atoms with van der Waals surface area (Å²) in [6, 6.07) is 9.62. The van der Waals surface area contributed by atoms with Crippen LogP contribution in [0.5, 0.6) is 5.88 Å². The number of pyridine rings is 1. The van der Waals surface area contributed by atoms with Gasteiger partial charge in [-0.2, -0.15) is 4.98 Å². The van der Waals surface area contributed by atoms with Crippen LogP contribution >= 0.6 is 0 Å². The van der Waals surface area contributed by atoms with Gasteiger partial charge in [0.1, 0.15) is 11.6 Å². The van der Waals surface area contributed by atoms with Gasteiger partial charge in [-0.05, 0) is 23.8 Å². The quantitative estimate of drug-likeness (QED) is 0.842. The summed E-state index contributed by atoms with van der Waals surface area (Å²) in [6.45, 7) is 0. The van der Waals surface area contributed by atoms with Gasteiger partial charge in [-0.25, -0.2) is 4.39 Å². The maximum absolute atomic E-state index is 12.8. The van der Waals surface area contributed by atoms with Crippen LogP contribution in [0.15, 0.2) is 36.4 Å². The van der Waals surface area contributed by atoms with Crippen LogP contribution < -0.4 is 10.5 Å². The maximum atomic E-state index is 12.8. The molecule has 4 heteroatoms. The molecule has 0 fully saturated rings. The first-order chi connectivity index (χ1) is 7.70. The molecule has 1 aromatic carbocycles. The Hall–Kier alpha value is -2.10. The van der Waals surface area contributed by atoms with Gasteiger partial charge in [0.15, 0.2) is 0 Å². The molecule has 0 unspecified atom stereocenters. The van der Waals surface area contributed by atoms with Crippen LogP contribution in [0.2, 0.25) is 0 Å². The van der Waals surface area contributed by atoms with Crippen molar-refractivity contribution in [1.29, 1.82) is 0 Å². The van der Waals surface area contributed by atoms with E-state index in [-0.39, 0.29) is 5.82 Å². The Morgan fingerprint density at radius 1 is 1.12 bits per heavy atom. The third-order valence-electron chi connectivity index (χ3n) is 2.26. The number of nitrogen functional groups attached to an aromatic ring is 1. The second-order valence-electron chi connectivity index (χ2n) is 3.29. The largest absolute Gasteiger partial charge is 0.481 e. The highest BCUT2D eigenvalue weighted by Gasteiger charge is 2.05. The average molecular weight is 218 g/mol. The molecule has 2 aromatic rings. The summed E-state index contributed by atoms with van der Waals surface area (Å²) < 4.78 is 17.7. The van der Waals surface area contributed by atoms with Crippen LogP contribution in [0, 0.1) is 5.82 Å². The maximum Gasteiger partial charge on any atom is 0.214 e. The van der Waals surface area contributed by atoms with Crippen molar-refractivity contribution in [2.75, 3.05) is 12.8 Å². The number of ether oxygens (including phenoxy) is 1. The van der Waals surface area contributed by atoms with Gasteiger partial charge in [0.2, 0.25) is 5.88 Å². The molecule has 1 aromatic heterocycles. The molecule has 0 saturated carbocycles. The Bertz CT molecular complexity index is 497. The van der Waals surface area contributed by atoms with Crippen molar-refractivity contribution in [3.05, 3.63) is 42.2 Å². The van der Waals surface area contributed by atoms with Crippen LogP contribution in [0.25, 0.3) is 11.1 Å². The second kappa shape index (κ2) is 4.18. The van der Waals surface area contributed by atoms with Gasteiger partial charge in [0.25, 0.3) is 0 Å². The van der Waals surface area contributed by atoms with E-state index in [1.54, 1.807) is 24.3 Å². The van der Waals surface area contributed by atoms with E-state index in [0.29, 0.717) is 11.7 Å². The molecular weight excluding hydrogens is 207 g/mol. The van der Waals surface area contributed by atoms with E-state index in [0.717, 1.165) is 11.1 Å². The molecule has 0 bridgehead atoms. The summed E-state index contributed by atoms with van der Waals surface area (Å²) in [5.74, 6) is 0.554. The fourth-order valence-corrected chi connectivity index (χ4v) is 1.44. The number of halogens is 1. The van der Waals surface area contributed by atoms with Gasteiger partial charge in [0, 0.05) is 11.6 Å². The Labute approximate surface area is 92.7 Å². The average Bonchev–Trinajstić information content (AvgIpc) is 2.30. The van der Waals surface area contributed by atoms with Crippen molar-refractivity contribution in [3.63, 3.8) is 0 Å². The molecule has 2 N–H and O–H groups in total. The normalized spacial score (nSPS) is 10.1. The molecule has 16 heavy (non-hydrogen) atoms. The summed E-state index contributed by atoms with van der Waals surface area (Å²) >= 11 is 0. The zero-order chi connectivity index (χ0) is 11.5. The lowest BCUT2D eigenvalue weighted by Gasteiger charge is -2.06. The van der Waals surface area contributed by atoms with Gasteiger partial charge in [0.05, 0.1) is 7.11 Å². The molecule has 0 amide bonds. The van der Waals surface area contributed by atoms with Crippen LogP contribution in [-0.4, -0.2) is 12.1 Å². The predicted octanol–water partition coefficient (Wildman–Crippen LogP) is 2.48. The van der Waals surface area contributed by atoms with Crippen molar-refractivity contribution >= 4 is 5.82 Å². The lowest BCUT2D eigenvalue weighted by molar-refractivity contribution is 0.398. The number of aromatic nitrogens is 1. The molecule has 0 aliphatic rings.